The highest BCUT2D eigenvalue weighted by atomic mass is 35.5. The smallest absolute Gasteiger partial charge is 0.258 e. The molecule has 0 fully saturated rings. The zero-order chi connectivity index (χ0) is 15.3. The Morgan fingerprint density at radius 3 is 2.65 bits per heavy atom. The van der Waals surface area contributed by atoms with Gasteiger partial charge in [0.05, 0.1) is 11.5 Å². The number of nitrogens with zero attached hydrogens (tertiary/aromatic N) is 2. The molecule has 6 nitrogen and oxygen atoms in total. The summed E-state index contributed by atoms with van der Waals surface area (Å²) in [5.41, 5.74) is -0.560. The third-order valence-corrected chi connectivity index (χ3v) is 4.60. The number of halogens is 1. The van der Waals surface area contributed by atoms with Gasteiger partial charge in [0, 0.05) is 17.6 Å². The summed E-state index contributed by atoms with van der Waals surface area (Å²) in [6.45, 7) is 1.83. The molecule has 0 aliphatic rings. The number of hydrogen-bond acceptors (Lipinski definition) is 4. The van der Waals surface area contributed by atoms with E-state index in [4.69, 9.17) is 18.0 Å². The summed E-state index contributed by atoms with van der Waals surface area (Å²) < 4.78 is 25.9. The number of nitro groups is 1. The van der Waals surface area contributed by atoms with Gasteiger partial charge < -0.3 is 0 Å². The van der Waals surface area contributed by atoms with Crippen molar-refractivity contribution < 1.29 is 13.3 Å². The second kappa shape index (κ2) is 6.70. The summed E-state index contributed by atoms with van der Waals surface area (Å²) in [7, 11) is -4.03. The van der Waals surface area contributed by atoms with Crippen molar-refractivity contribution >= 4 is 27.3 Å². The molecule has 0 amide bonds. The molecule has 0 aliphatic heterocycles. The highest BCUT2D eigenvalue weighted by molar-refractivity contribution is 7.89. The largest absolute Gasteiger partial charge is 0.290 e. The molecule has 0 aromatic heterocycles. The van der Waals surface area contributed by atoms with Crippen LogP contribution in [0.15, 0.2) is 23.1 Å². The minimum atomic E-state index is -4.03. The van der Waals surface area contributed by atoms with Gasteiger partial charge in [0.2, 0.25) is 0 Å². The fraction of sp³-hybridized carbons (Fsp3) is 0.333. The van der Waals surface area contributed by atoms with E-state index in [1.807, 2.05) is 0 Å². The van der Waals surface area contributed by atoms with Crippen LogP contribution in [0, 0.1) is 22.5 Å². The van der Waals surface area contributed by atoms with Crippen molar-refractivity contribution in [1.29, 1.82) is 0 Å². The van der Waals surface area contributed by atoms with Crippen molar-refractivity contribution in [2.24, 2.45) is 0 Å². The van der Waals surface area contributed by atoms with Crippen LogP contribution in [0.25, 0.3) is 0 Å². The Bertz CT molecular complexity index is 652. The molecule has 0 saturated carbocycles. The van der Waals surface area contributed by atoms with E-state index < -0.39 is 25.5 Å². The highest BCUT2D eigenvalue weighted by Crippen LogP contribution is 2.29. The summed E-state index contributed by atoms with van der Waals surface area (Å²) in [5, 5.41) is 11.1. The summed E-state index contributed by atoms with van der Waals surface area (Å²) >= 11 is 5.67. The maximum atomic E-state index is 12.4. The predicted molar refractivity (Wildman–Crippen MR) is 76.0 cm³/mol. The topological polar surface area (TPSA) is 80.5 Å². The lowest BCUT2D eigenvalue weighted by molar-refractivity contribution is -0.387. The van der Waals surface area contributed by atoms with Gasteiger partial charge in [-0.2, -0.15) is 4.31 Å². The van der Waals surface area contributed by atoms with Crippen LogP contribution in [-0.4, -0.2) is 30.7 Å². The van der Waals surface area contributed by atoms with Crippen molar-refractivity contribution in [3.05, 3.63) is 33.3 Å². The lowest BCUT2D eigenvalue weighted by Crippen LogP contribution is -2.32. The van der Waals surface area contributed by atoms with Crippen LogP contribution in [0.3, 0.4) is 0 Å². The van der Waals surface area contributed by atoms with Gasteiger partial charge in [0.25, 0.3) is 15.7 Å². The summed E-state index contributed by atoms with van der Waals surface area (Å²) in [6.07, 6.45) is 5.69. The average molecular weight is 317 g/mol. The van der Waals surface area contributed by atoms with E-state index in [0.29, 0.717) is 6.42 Å². The van der Waals surface area contributed by atoms with E-state index >= 15 is 0 Å². The molecule has 0 aliphatic carbocycles. The minimum absolute atomic E-state index is 0.0923. The molecule has 0 unspecified atom stereocenters. The number of rotatable bonds is 6. The van der Waals surface area contributed by atoms with Crippen molar-refractivity contribution in [3.63, 3.8) is 0 Å². The van der Waals surface area contributed by atoms with Crippen LogP contribution >= 0.6 is 11.6 Å². The fourth-order valence-electron chi connectivity index (χ4n) is 1.63. The molecule has 20 heavy (non-hydrogen) atoms. The molecular formula is C12H13ClN2O4S. The first-order chi connectivity index (χ1) is 9.34. The van der Waals surface area contributed by atoms with Crippen molar-refractivity contribution in [2.45, 2.75) is 18.2 Å². The van der Waals surface area contributed by atoms with Gasteiger partial charge in [-0.15, -0.1) is 6.42 Å². The standard InChI is InChI=1S/C12H13ClN2O4S/c1-3-7-14(8-4-2)20(18,19)12-6-5-10(13)9-11(12)15(16)17/h1,5-6,9H,4,7-8H2,2H3. The first kappa shape index (κ1) is 16.4. The number of terminal acetylenes is 1. The SMILES string of the molecule is C#CCN(CCC)S(=O)(=O)c1ccc(Cl)cc1[N+](=O)[O-]. The van der Waals surface area contributed by atoms with E-state index in [9.17, 15) is 18.5 Å². The molecule has 8 heteroatoms. The lowest BCUT2D eigenvalue weighted by Gasteiger charge is -2.19. The molecule has 0 atom stereocenters. The quantitative estimate of drug-likeness (QED) is 0.458. The molecule has 0 saturated heterocycles. The van der Waals surface area contributed by atoms with Gasteiger partial charge in [-0.3, -0.25) is 10.1 Å². The van der Waals surface area contributed by atoms with Crippen molar-refractivity contribution in [1.82, 2.24) is 4.31 Å². The molecule has 1 aromatic carbocycles. The third kappa shape index (κ3) is 3.48. The number of sulfonamides is 1. The number of benzene rings is 1. The number of nitro benzene ring substituents is 1. The number of hydrogen-bond donors (Lipinski definition) is 0. The Labute approximate surface area is 122 Å². The molecule has 108 valence electrons. The third-order valence-electron chi connectivity index (χ3n) is 2.48. The molecule has 1 rings (SSSR count). The van der Waals surface area contributed by atoms with Crippen LogP contribution in [0.1, 0.15) is 13.3 Å². The Morgan fingerprint density at radius 1 is 1.50 bits per heavy atom. The Morgan fingerprint density at radius 2 is 2.15 bits per heavy atom. The average Bonchev–Trinajstić information content (AvgIpc) is 2.38. The maximum Gasteiger partial charge on any atom is 0.290 e. The van der Waals surface area contributed by atoms with Gasteiger partial charge in [-0.05, 0) is 18.6 Å². The van der Waals surface area contributed by atoms with Gasteiger partial charge in [-0.25, -0.2) is 8.42 Å². The zero-order valence-electron chi connectivity index (χ0n) is 10.7. The Balaban J connectivity index is 3.41. The Kier molecular flexibility index (Phi) is 5.51. The molecular weight excluding hydrogens is 304 g/mol. The molecule has 0 radical (unpaired) electrons. The van der Waals surface area contributed by atoms with E-state index in [-0.39, 0.29) is 18.1 Å². The summed E-state index contributed by atoms with van der Waals surface area (Å²) in [4.78, 5) is 9.80. The molecule has 0 bridgehead atoms. The van der Waals surface area contributed by atoms with E-state index in [1.165, 1.54) is 6.07 Å². The predicted octanol–water partition coefficient (Wildman–Crippen LogP) is 2.28. The van der Waals surface area contributed by atoms with Crippen molar-refractivity contribution in [2.75, 3.05) is 13.1 Å². The Hall–Kier alpha value is -1.62. The monoisotopic (exact) mass is 316 g/mol. The van der Waals surface area contributed by atoms with Crippen molar-refractivity contribution in [3.8, 4) is 12.3 Å². The van der Waals surface area contributed by atoms with E-state index in [2.05, 4.69) is 5.92 Å². The van der Waals surface area contributed by atoms with Gasteiger partial charge >= 0.3 is 0 Å². The molecule has 0 heterocycles. The van der Waals surface area contributed by atoms with Crippen LogP contribution in [0.5, 0.6) is 0 Å². The lowest BCUT2D eigenvalue weighted by atomic mass is 10.3. The van der Waals surface area contributed by atoms with E-state index in [1.54, 1.807) is 6.92 Å². The van der Waals surface area contributed by atoms with Gasteiger partial charge in [0.1, 0.15) is 0 Å². The molecule has 0 spiro atoms. The first-order valence-electron chi connectivity index (χ1n) is 5.72. The van der Waals surface area contributed by atoms with Crippen LogP contribution in [0.4, 0.5) is 5.69 Å². The molecule has 0 N–H and O–H groups in total. The summed E-state index contributed by atoms with van der Waals surface area (Å²) in [5.74, 6) is 2.24. The van der Waals surface area contributed by atoms with Crippen LogP contribution < -0.4 is 0 Å². The second-order valence-corrected chi connectivity index (χ2v) is 6.25. The van der Waals surface area contributed by atoms with Gasteiger partial charge in [0.15, 0.2) is 4.90 Å². The van der Waals surface area contributed by atoms with Crippen LogP contribution in [0.2, 0.25) is 5.02 Å². The second-order valence-electron chi connectivity index (χ2n) is 3.91. The van der Waals surface area contributed by atoms with Crippen LogP contribution in [-0.2, 0) is 10.0 Å². The minimum Gasteiger partial charge on any atom is -0.258 e. The maximum absolute atomic E-state index is 12.4. The normalized spacial score (nSPS) is 11.3. The highest BCUT2D eigenvalue weighted by Gasteiger charge is 2.31. The molecule has 1 aromatic rings. The first-order valence-corrected chi connectivity index (χ1v) is 7.54. The zero-order valence-corrected chi connectivity index (χ0v) is 12.3. The fourth-order valence-corrected chi connectivity index (χ4v) is 3.38. The van der Waals surface area contributed by atoms with Gasteiger partial charge in [-0.1, -0.05) is 24.4 Å². The summed E-state index contributed by atoms with van der Waals surface area (Å²) in [6, 6.07) is 3.42. The van der Waals surface area contributed by atoms with E-state index in [0.717, 1.165) is 16.4 Å².